The van der Waals surface area contributed by atoms with Crippen molar-refractivity contribution in [2.75, 3.05) is 5.32 Å². The highest BCUT2D eigenvalue weighted by molar-refractivity contribution is 5.47. The van der Waals surface area contributed by atoms with Crippen molar-refractivity contribution in [3.63, 3.8) is 0 Å². The first-order valence-corrected chi connectivity index (χ1v) is 4.48. The van der Waals surface area contributed by atoms with Crippen LogP contribution in [0.4, 0.5) is 5.69 Å². The summed E-state index contributed by atoms with van der Waals surface area (Å²) in [5, 5.41) is 3.28. The summed E-state index contributed by atoms with van der Waals surface area (Å²) in [6.45, 7) is 2.80. The van der Waals surface area contributed by atoms with Gasteiger partial charge in [-0.05, 0) is 18.6 Å². The van der Waals surface area contributed by atoms with E-state index >= 15 is 0 Å². The first kappa shape index (κ1) is 8.74. The highest BCUT2D eigenvalue weighted by Crippen LogP contribution is 2.11. The van der Waals surface area contributed by atoms with E-state index in [1.807, 2.05) is 12.3 Å². The van der Waals surface area contributed by atoms with Gasteiger partial charge in [-0.2, -0.15) is 0 Å². The van der Waals surface area contributed by atoms with Crippen LogP contribution in [0.25, 0.3) is 0 Å². The molecule has 2 heterocycles. The van der Waals surface area contributed by atoms with Crippen LogP contribution in [0.15, 0.2) is 31.0 Å². The summed E-state index contributed by atoms with van der Waals surface area (Å²) in [7, 11) is 0. The van der Waals surface area contributed by atoms with Crippen LogP contribution in [0.1, 0.15) is 11.3 Å². The van der Waals surface area contributed by atoms with Gasteiger partial charge in [-0.15, -0.1) is 0 Å². The zero-order valence-corrected chi connectivity index (χ0v) is 7.99. The molecule has 0 atom stereocenters. The predicted octanol–water partition coefficient (Wildman–Crippen LogP) is 1.73. The number of nitrogens with zero attached hydrogens (tertiary/aromatic N) is 2. The van der Waals surface area contributed by atoms with Crippen LogP contribution in [-0.2, 0) is 6.54 Å². The SMILES string of the molecule is Cc1ccncc1NCc1cnc[nH]1. The van der Waals surface area contributed by atoms with E-state index in [1.54, 1.807) is 18.7 Å². The lowest BCUT2D eigenvalue weighted by Crippen LogP contribution is -2.01. The maximum Gasteiger partial charge on any atom is 0.0922 e. The number of nitrogens with one attached hydrogen (secondary N) is 2. The van der Waals surface area contributed by atoms with Crippen molar-refractivity contribution in [2.24, 2.45) is 0 Å². The van der Waals surface area contributed by atoms with E-state index in [1.165, 1.54) is 5.56 Å². The lowest BCUT2D eigenvalue weighted by molar-refractivity contribution is 1.06. The number of pyridine rings is 1. The molecule has 2 aromatic heterocycles. The lowest BCUT2D eigenvalue weighted by Gasteiger charge is -2.06. The molecule has 14 heavy (non-hydrogen) atoms. The van der Waals surface area contributed by atoms with Gasteiger partial charge in [-0.3, -0.25) is 4.98 Å². The van der Waals surface area contributed by atoms with E-state index in [4.69, 9.17) is 0 Å². The Kier molecular flexibility index (Phi) is 2.44. The predicted molar refractivity (Wildman–Crippen MR) is 54.9 cm³/mol. The molecule has 0 saturated heterocycles. The normalized spacial score (nSPS) is 10.1. The van der Waals surface area contributed by atoms with Gasteiger partial charge in [0.25, 0.3) is 0 Å². The Morgan fingerprint density at radius 1 is 1.36 bits per heavy atom. The van der Waals surface area contributed by atoms with E-state index in [9.17, 15) is 0 Å². The molecule has 0 saturated carbocycles. The second kappa shape index (κ2) is 3.91. The fourth-order valence-electron chi connectivity index (χ4n) is 1.22. The van der Waals surface area contributed by atoms with E-state index in [-0.39, 0.29) is 0 Å². The van der Waals surface area contributed by atoms with Gasteiger partial charge in [0.15, 0.2) is 0 Å². The van der Waals surface area contributed by atoms with E-state index in [0.717, 1.165) is 17.9 Å². The fraction of sp³-hybridized carbons (Fsp3) is 0.200. The molecule has 0 amide bonds. The Labute approximate surface area is 82.4 Å². The minimum absolute atomic E-state index is 0.743. The highest BCUT2D eigenvalue weighted by atomic mass is 14.9. The zero-order valence-electron chi connectivity index (χ0n) is 7.99. The van der Waals surface area contributed by atoms with E-state index in [2.05, 4.69) is 27.2 Å². The molecule has 0 bridgehead atoms. The third-order valence-electron chi connectivity index (χ3n) is 2.06. The van der Waals surface area contributed by atoms with E-state index in [0.29, 0.717) is 0 Å². The highest BCUT2D eigenvalue weighted by Gasteiger charge is 1.97. The van der Waals surface area contributed by atoms with Crippen molar-refractivity contribution in [3.05, 3.63) is 42.2 Å². The van der Waals surface area contributed by atoms with Crippen molar-refractivity contribution in [2.45, 2.75) is 13.5 Å². The molecule has 0 aliphatic heterocycles. The summed E-state index contributed by atoms with van der Waals surface area (Å²) in [6.07, 6.45) is 7.09. The van der Waals surface area contributed by atoms with Crippen molar-refractivity contribution in [3.8, 4) is 0 Å². The Hall–Kier alpha value is -1.84. The van der Waals surface area contributed by atoms with Gasteiger partial charge in [0.05, 0.1) is 30.5 Å². The number of aromatic amines is 1. The maximum absolute atomic E-state index is 4.06. The number of rotatable bonds is 3. The number of aryl methyl sites for hydroxylation is 1. The van der Waals surface area contributed by atoms with Crippen LogP contribution in [-0.4, -0.2) is 15.0 Å². The largest absolute Gasteiger partial charge is 0.378 e. The minimum Gasteiger partial charge on any atom is -0.378 e. The minimum atomic E-state index is 0.743. The third kappa shape index (κ3) is 1.90. The summed E-state index contributed by atoms with van der Waals surface area (Å²) in [5.41, 5.74) is 3.31. The average molecular weight is 188 g/mol. The topological polar surface area (TPSA) is 53.6 Å². The number of hydrogen-bond acceptors (Lipinski definition) is 3. The second-order valence-electron chi connectivity index (χ2n) is 3.12. The molecule has 0 spiro atoms. The van der Waals surface area contributed by atoms with Crippen LogP contribution in [0, 0.1) is 6.92 Å². The van der Waals surface area contributed by atoms with Crippen LogP contribution < -0.4 is 5.32 Å². The molecule has 0 unspecified atom stereocenters. The molecule has 0 radical (unpaired) electrons. The molecule has 2 rings (SSSR count). The number of H-pyrrole nitrogens is 1. The Balaban J connectivity index is 2.02. The first-order chi connectivity index (χ1) is 6.86. The quantitative estimate of drug-likeness (QED) is 0.771. The lowest BCUT2D eigenvalue weighted by atomic mass is 10.2. The van der Waals surface area contributed by atoms with Crippen LogP contribution in [0.5, 0.6) is 0 Å². The molecular formula is C10H12N4. The van der Waals surface area contributed by atoms with Crippen molar-refractivity contribution in [1.29, 1.82) is 0 Å². The molecule has 0 aliphatic rings. The summed E-state index contributed by atoms with van der Waals surface area (Å²) in [6, 6.07) is 1.98. The Bertz CT molecular complexity index is 394. The molecule has 4 nitrogen and oxygen atoms in total. The summed E-state index contributed by atoms with van der Waals surface area (Å²) < 4.78 is 0. The van der Waals surface area contributed by atoms with Gasteiger partial charge >= 0.3 is 0 Å². The van der Waals surface area contributed by atoms with Crippen LogP contribution in [0.3, 0.4) is 0 Å². The summed E-state index contributed by atoms with van der Waals surface area (Å²) >= 11 is 0. The summed E-state index contributed by atoms with van der Waals surface area (Å²) in [5.74, 6) is 0. The number of aromatic nitrogens is 3. The molecule has 72 valence electrons. The number of hydrogen-bond donors (Lipinski definition) is 2. The number of anilines is 1. The monoisotopic (exact) mass is 188 g/mol. The van der Waals surface area contributed by atoms with Gasteiger partial charge in [-0.1, -0.05) is 0 Å². The van der Waals surface area contributed by atoms with Gasteiger partial charge in [0.1, 0.15) is 0 Å². The van der Waals surface area contributed by atoms with Crippen molar-refractivity contribution < 1.29 is 0 Å². The molecule has 4 heteroatoms. The molecule has 0 fully saturated rings. The summed E-state index contributed by atoms with van der Waals surface area (Å²) in [4.78, 5) is 11.0. The zero-order chi connectivity index (χ0) is 9.80. The third-order valence-corrected chi connectivity index (χ3v) is 2.06. The Morgan fingerprint density at radius 3 is 3.00 bits per heavy atom. The van der Waals surface area contributed by atoms with Gasteiger partial charge in [0.2, 0.25) is 0 Å². The van der Waals surface area contributed by atoms with Crippen molar-refractivity contribution >= 4 is 5.69 Å². The van der Waals surface area contributed by atoms with Crippen LogP contribution in [0.2, 0.25) is 0 Å². The van der Waals surface area contributed by atoms with Gasteiger partial charge < -0.3 is 10.3 Å². The maximum atomic E-state index is 4.06. The van der Waals surface area contributed by atoms with E-state index < -0.39 is 0 Å². The molecule has 2 aromatic rings. The van der Waals surface area contributed by atoms with Gasteiger partial charge in [0, 0.05) is 12.4 Å². The smallest absolute Gasteiger partial charge is 0.0922 e. The van der Waals surface area contributed by atoms with Crippen LogP contribution >= 0.6 is 0 Å². The Morgan fingerprint density at radius 2 is 2.29 bits per heavy atom. The molecule has 0 aliphatic carbocycles. The molecule has 2 N–H and O–H groups in total. The standard InChI is InChI=1S/C10H12N4/c1-8-2-3-11-6-10(8)13-5-9-4-12-7-14-9/h2-4,6-7,13H,5H2,1H3,(H,12,14). The van der Waals surface area contributed by atoms with Crippen molar-refractivity contribution in [1.82, 2.24) is 15.0 Å². The van der Waals surface area contributed by atoms with Gasteiger partial charge in [-0.25, -0.2) is 4.98 Å². The number of imidazole rings is 1. The fourth-order valence-corrected chi connectivity index (χ4v) is 1.22. The molecule has 0 aromatic carbocycles. The second-order valence-corrected chi connectivity index (χ2v) is 3.12. The first-order valence-electron chi connectivity index (χ1n) is 4.48. The molecular weight excluding hydrogens is 176 g/mol. The average Bonchev–Trinajstić information content (AvgIpc) is 2.69.